The van der Waals surface area contributed by atoms with E-state index in [1.165, 1.54) is 13.2 Å². The Bertz CT molecular complexity index is 684. The molecule has 0 aliphatic carbocycles. The molecule has 2 rings (SSSR count). The summed E-state index contributed by atoms with van der Waals surface area (Å²) in [5, 5.41) is 2.82. The highest BCUT2D eigenvalue weighted by molar-refractivity contribution is 6.34. The molecule has 0 radical (unpaired) electrons. The smallest absolute Gasteiger partial charge is 0.416 e. The van der Waals surface area contributed by atoms with Gasteiger partial charge in [-0.2, -0.15) is 13.2 Å². The molecule has 116 valence electrons. The van der Waals surface area contributed by atoms with E-state index in [1.807, 2.05) is 0 Å². The van der Waals surface area contributed by atoms with Gasteiger partial charge in [0.25, 0.3) is 5.91 Å². The van der Waals surface area contributed by atoms with E-state index in [9.17, 15) is 18.0 Å². The van der Waals surface area contributed by atoms with Gasteiger partial charge in [0.1, 0.15) is 5.75 Å². The third-order valence-electron chi connectivity index (χ3n) is 2.90. The first-order valence-corrected chi connectivity index (χ1v) is 6.51. The van der Waals surface area contributed by atoms with Crippen molar-refractivity contribution in [3.05, 3.63) is 58.6 Å². The normalized spacial score (nSPS) is 11.1. The molecule has 22 heavy (non-hydrogen) atoms. The molecule has 1 amide bonds. The van der Waals surface area contributed by atoms with Crippen molar-refractivity contribution < 1.29 is 22.7 Å². The average molecular weight is 330 g/mol. The molecular weight excluding hydrogens is 319 g/mol. The molecule has 0 bridgehead atoms. The lowest BCUT2D eigenvalue weighted by atomic mass is 10.1. The van der Waals surface area contributed by atoms with Crippen LogP contribution in [0.15, 0.2) is 42.5 Å². The number of halogens is 4. The lowest BCUT2D eigenvalue weighted by Crippen LogP contribution is -2.13. The number of methoxy groups -OCH3 is 1. The van der Waals surface area contributed by atoms with E-state index in [-0.39, 0.29) is 5.56 Å². The highest BCUT2D eigenvalue weighted by Crippen LogP contribution is 2.30. The number of rotatable bonds is 3. The van der Waals surface area contributed by atoms with Crippen LogP contribution < -0.4 is 10.1 Å². The number of ether oxygens (including phenoxy) is 1. The molecule has 1 N–H and O–H groups in total. The van der Waals surface area contributed by atoms with Gasteiger partial charge in [-0.15, -0.1) is 0 Å². The van der Waals surface area contributed by atoms with Gasteiger partial charge in [0.05, 0.1) is 23.4 Å². The van der Waals surface area contributed by atoms with E-state index < -0.39 is 17.6 Å². The first-order chi connectivity index (χ1) is 10.3. The van der Waals surface area contributed by atoms with Gasteiger partial charge in [0.15, 0.2) is 0 Å². The molecule has 0 saturated heterocycles. The largest absolute Gasteiger partial charge is 0.497 e. The van der Waals surface area contributed by atoms with Crippen molar-refractivity contribution >= 4 is 23.2 Å². The summed E-state index contributed by atoms with van der Waals surface area (Å²) in [5.41, 5.74) is -0.415. The molecule has 0 unspecified atom stereocenters. The fraction of sp³-hybridized carbons (Fsp3) is 0.133. The van der Waals surface area contributed by atoms with Crippen molar-refractivity contribution in [2.75, 3.05) is 12.4 Å². The monoisotopic (exact) mass is 329 g/mol. The molecule has 0 heterocycles. The highest BCUT2D eigenvalue weighted by atomic mass is 35.5. The Morgan fingerprint density at radius 1 is 1.14 bits per heavy atom. The van der Waals surface area contributed by atoms with E-state index in [1.54, 1.807) is 12.1 Å². The molecule has 7 heteroatoms. The van der Waals surface area contributed by atoms with Crippen LogP contribution in [-0.2, 0) is 6.18 Å². The van der Waals surface area contributed by atoms with Gasteiger partial charge in [0.2, 0.25) is 0 Å². The number of anilines is 1. The number of alkyl halides is 3. The van der Waals surface area contributed by atoms with Crippen molar-refractivity contribution in [3.8, 4) is 5.75 Å². The summed E-state index contributed by atoms with van der Waals surface area (Å²) in [6, 6.07) is 8.59. The first-order valence-electron chi connectivity index (χ1n) is 6.13. The van der Waals surface area contributed by atoms with Crippen LogP contribution in [-0.4, -0.2) is 13.0 Å². The zero-order valence-electron chi connectivity index (χ0n) is 11.4. The van der Waals surface area contributed by atoms with E-state index in [0.717, 1.165) is 24.3 Å². The van der Waals surface area contributed by atoms with Crippen LogP contribution in [0.5, 0.6) is 5.75 Å². The maximum absolute atomic E-state index is 12.5. The fourth-order valence-corrected chi connectivity index (χ4v) is 1.90. The summed E-state index contributed by atoms with van der Waals surface area (Å²) >= 11 is 5.95. The maximum atomic E-state index is 12.5. The second-order valence-electron chi connectivity index (χ2n) is 4.38. The quantitative estimate of drug-likeness (QED) is 0.892. The third kappa shape index (κ3) is 3.71. The SMILES string of the molecule is COc1ccc(Cl)c(NC(=O)c2ccc(C(F)(F)F)cc2)c1. The van der Waals surface area contributed by atoms with E-state index in [0.29, 0.717) is 16.5 Å². The van der Waals surface area contributed by atoms with Crippen LogP contribution in [0, 0.1) is 0 Å². The highest BCUT2D eigenvalue weighted by Gasteiger charge is 2.30. The van der Waals surface area contributed by atoms with Gasteiger partial charge in [-0.3, -0.25) is 4.79 Å². The molecule has 0 atom stereocenters. The van der Waals surface area contributed by atoms with Gasteiger partial charge in [-0.1, -0.05) is 11.6 Å². The number of hydrogen-bond donors (Lipinski definition) is 1. The third-order valence-corrected chi connectivity index (χ3v) is 3.23. The summed E-state index contributed by atoms with van der Waals surface area (Å²) in [5.74, 6) is -0.0732. The zero-order valence-corrected chi connectivity index (χ0v) is 12.1. The van der Waals surface area contributed by atoms with Crippen LogP contribution in [0.4, 0.5) is 18.9 Å². The molecule has 0 spiro atoms. The molecule has 0 aliphatic rings. The van der Waals surface area contributed by atoms with Crippen LogP contribution in [0.25, 0.3) is 0 Å². The van der Waals surface area contributed by atoms with E-state index >= 15 is 0 Å². The Hall–Kier alpha value is -2.21. The van der Waals surface area contributed by atoms with Crippen molar-refractivity contribution in [1.82, 2.24) is 0 Å². The number of carbonyl (C=O) groups excluding carboxylic acids is 1. The van der Waals surface area contributed by atoms with Crippen molar-refractivity contribution in [2.45, 2.75) is 6.18 Å². The number of nitrogens with one attached hydrogen (secondary N) is 1. The molecule has 0 aromatic heterocycles. The van der Waals surface area contributed by atoms with Crippen LogP contribution >= 0.6 is 11.6 Å². The molecule has 3 nitrogen and oxygen atoms in total. The topological polar surface area (TPSA) is 38.3 Å². The first kappa shape index (κ1) is 16.2. The standard InChI is InChI=1S/C15H11ClF3NO2/c1-22-11-6-7-12(16)13(8-11)20-14(21)9-2-4-10(5-3-9)15(17,18)19/h2-8H,1H3,(H,20,21). The molecule has 0 fully saturated rings. The minimum Gasteiger partial charge on any atom is -0.497 e. The minimum absolute atomic E-state index is 0.0897. The lowest BCUT2D eigenvalue weighted by molar-refractivity contribution is -0.137. The molecule has 0 saturated carbocycles. The number of carbonyl (C=O) groups is 1. The summed E-state index contributed by atoms with van der Waals surface area (Å²) in [6.07, 6.45) is -4.44. The Labute approximate surface area is 129 Å². The van der Waals surface area contributed by atoms with E-state index in [2.05, 4.69) is 5.32 Å². The van der Waals surface area contributed by atoms with Crippen LogP contribution in [0.2, 0.25) is 5.02 Å². The van der Waals surface area contributed by atoms with E-state index in [4.69, 9.17) is 16.3 Å². The minimum atomic E-state index is -4.44. The van der Waals surface area contributed by atoms with Gasteiger partial charge >= 0.3 is 6.18 Å². The predicted octanol–water partition coefficient (Wildman–Crippen LogP) is 4.62. The number of hydrogen-bond acceptors (Lipinski definition) is 2. The van der Waals surface area contributed by atoms with Crippen LogP contribution in [0.1, 0.15) is 15.9 Å². The van der Waals surface area contributed by atoms with Gasteiger partial charge in [0, 0.05) is 11.6 Å². The fourth-order valence-electron chi connectivity index (χ4n) is 1.73. The number of amides is 1. The zero-order chi connectivity index (χ0) is 16.3. The van der Waals surface area contributed by atoms with Gasteiger partial charge in [-0.05, 0) is 36.4 Å². The van der Waals surface area contributed by atoms with Crippen molar-refractivity contribution in [2.24, 2.45) is 0 Å². The summed E-state index contributed by atoms with van der Waals surface area (Å²) < 4.78 is 42.4. The van der Waals surface area contributed by atoms with Crippen molar-refractivity contribution in [1.29, 1.82) is 0 Å². The Kier molecular flexibility index (Phi) is 4.61. The lowest BCUT2D eigenvalue weighted by Gasteiger charge is -2.10. The summed E-state index contributed by atoms with van der Waals surface area (Å²) in [6.45, 7) is 0. The summed E-state index contributed by atoms with van der Waals surface area (Å²) in [4.78, 5) is 12.0. The Morgan fingerprint density at radius 2 is 1.77 bits per heavy atom. The predicted molar refractivity (Wildman–Crippen MR) is 77.4 cm³/mol. The summed E-state index contributed by atoms with van der Waals surface area (Å²) in [7, 11) is 1.46. The van der Waals surface area contributed by atoms with Gasteiger partial charge < -0.3 is 10.1 Å². The number of benzene rings is 2. The molecule has 2 aromatic carbocycles. The molecular formula is C15H11ClF3NO2. The Balaban J connectivity index is 2.19. The van der Waals surface area contributed by atoms with Crippen LogP contribution in [0.3, 0.4) is 0 Å². The maximum Gasteiger partial charge on any atom is 0.416 e. The Morgan fingerprint density at radius 3 is 2.32 bits per heavy atom. The second-order valence-corrected chi connectivity index (χ2v) is 4.78. The van der Waals surface area contributed by atoms with Crippen molar-refractivity contribution in [3.63, 3.8) is 0 Å². The molecule has 2 aromatic rings. The molecule has 0 aliphatic heterocycles. The second kappa shape index (κ2) is 6.27. The van der Waals surface area contributed by atoms with Gasteiger partial charge in [-0.25, -0.2) is 0 Å². The average Bonchev–Trinajstić information content (AvgIpc) is 2.48.